The van der Waals surface area contributed by atoms with Crippen molar-refractivity contribution >= 4 is 45.3 Å². The Bertz CT molecular complexity index is 1390. The maximum atomic E-state index is 17.2. The molecule has 10 heteroatoms. The number of halogens is 1. The van der Waals surface area contributed by atoms with Crippen molar-refractivity contribution in [2.24, 2.45) is 28.6 Å². The molecule has 0 aliphatic heterocycles. The fraction of sp³-hybridized carbons (Fsp3) is 0.519. The van der Waals surface area contributed by atoms with E-state index in [0.29, 0.717) is 40.5 Å². The maximum absolute atomic E-state index is 17.2. The number of Topliss-reactive ketones (excluding diaryl/α,β-unsaturated/α-hetero) is 1. The molecule has 7 atom stereocenters. The molecule has 3 saturated carbocycles. The molecule has 37 heavy (non-hydrogen) atoms. The number of amides is 1. The molecule has 7 nitrogen and oxygen atoms in total. The third-order valence-corrected chi connectivity index (χ3v) is 11.3. The zero-order valence-electron chi connectivity index (χ0n) is 20.8. The van der Waals surface area contributed by atoms with E-state index in [0.717, 1.165) is 0 Å². The van der Waals surface area contributed by atoms with Gasteiger partial charge in [0.2, 0.25) is 0 Å². The Hall–Kier alpha value is -2.56. The molecular weight excluding hydrogens is 513 g/mol. The molecule has 0 spiro atoms. The van der Waals surface area contributed by atoms with Crippen molar-refractivity contribution in [3.05, 3.63) is 51.5 Å². The first-order valence-corrected chi connectivity index (χ1v) is 14.3. The van der Waals surface area contributed by atoms with E-state index in [4.69, 9.17) is 0 Å². The van der Waals surface area contributed by atoms with E-state index in [-0.39, 0.29) is 29.9 Å². The van der Waals surface area contributed by atoms with Crippen LogP contribution in [0.3, 0.4) is 0 Å². The summed E-state index contributed by atoms with van der Waals surface area (Å²) in [5, 5.41) is 17.2. The first kappa shape index (κ1) is 24.8. The lowest BCUT2D eigenvalue weighted by molar-refractivity contribution is -0.185. The second-order valence-electron chi connectivity index (χ2n) is 11.3. The van der Waals surface area contributed by atoms with Crippen LogP contribution in [0.25, 0.3) is 0 Å². The molecule has 0 radical (unpaired) electrons. The Morgan fingerprint density at radius 2 is 2.03 bits per heavy atom. The average Bonchev–Trinajstić information content (AvgIpc) is 3.58. The van der Waals surface area contributed by atoms with Crippen LogP contribution in [0.2, 0.25) is 0 Å². The third kappa shape index (κ3) is 3.09. The predicted octanol–water partition coefficient (Wildman–Crippen LogP) is 4.86. The SMILES string of the molecule is C[C@@H]1C[C@H]2[C@@H]3CCC4=CC(=O)C=C[C@]4(C)[C@@]3(F)C(=O)C[C@]2(C)[C@@]1(O)c1csc(NC(=O)c2cncs2)n1. The molecule has 2 aromatic heterocycles. The number of hydrogen-bond acceptors (Lipinski definition) is 8. The van der Waals surface area contributed by atoms with Crippen molar-refractivity contribution in [2.45, 2.75) is 57.7 Å². The molecule has 1 amide bonds. The van der Waals surface area contributed by atoms with Gasteiger partial charge in [-0.25, -0.2) is 9.37 Å². The van der Waals surface area contributed by atoms with E-state index in [1.165, 1.54) is 41.0 Å². The summed E-state index contributed by atoms with van der Waals surface area (Å²) in [6.45, 7) is 5.55. The van der Waals surface area contributed by atoms with Gasteiger partial charge in [-0.2, -0.15) is 0 Å². The molecule has 4 aliphatic carbocycles. The van der Waals surface area contributed by atoms with E-state index < -0.39 is 33.8 Å². The normalized spacial score (nSPS) is 40.6. The summed E-state index contributed by atoms with van der Waals surface area (Å²) in [5.74, 6) is -2.14. The maximum Gasteiger partial charge on any atom is 0.269 e. The molecule has 6 rings (SSSR count). The largest absolute Gasteiger partial charge is 0.383 e. The predicted molar refractivity (Wildman–Crippen MR) is 138 cm³/mol. The van der Waals surface area contributed by atoms with Gasteiger partial charge in [0, 0.05) is 28.5 Å². The number of carbonyl (C=O) groups excluding carboxylic acids is 3. The van der Waals surface area contributed by atoms with Gasteiger partial charge in [-0.1, -0.05) is 25.5 Å². The minimum atomic E-state index is -2.14. The number of aromatic nitrogens is 2. The Kier molecular flexibility index (Phi) is 5.33. The standard InChI is InChI=1S/C27H28FN3O4S2/c1-14-8-18-17-5-4-15-9-16(32)6-7-24(15,2)26(17,28)21(33)10-25(18,3)27(14,35)20-12-36-23(30-20)31-22(34)19-11-29-13-37-19/h6-7,9,11-14,17-18,35H,4-5,8,10H2,1-3H3,(H,30,31,34)/t14-,17+,18+,24+,25+,26+,27+/m1/s1. The van der Waals surface area contributed by atoms with Crippen molar-refractivity contribution < 1.29 is 23.9 Å². The van der Waals surface area contributed by atoms with Crippen LogP contribution in [0, 0.1) is 28.6 Å². The van der Waals surface area contributed by atoms with Gasteiger partial charge in [0.05, 0.1) is 17.4 Å². The highest BCUT2D eigenvalue weighted by Gasteiger charge is 2.75. The quantitative estimate of drug-likeness (QED) is 0.574. The second kappa shape index (κ2) is 7.97. The van der Waals surface area contributed by atoms with Crippen LogP contribution < -0.4 is 5.32 Å². The second-order valence-corrected chi connectivity index (χ2v) is 13.1. The van der Waals surface area contributed by atoms with Gasteiger partial charge in [0.25, 0.3) is 5.91 Å². The van der Waals surface area contributed by atoms with Crippen molar-refractivity contribution in [2.75, 3.05) is 5.32 Å². The highest BCUT2D eigenvalue weighted by Crippen LogP contribution is 2.71. The molecule has 2 heterocycles. The number of rotatable bonds is 3. The number of nitrogens with zero attached hydrogens (tertiary/aromatic N) is 2. The third-order valence-electron chi connectivity index (χ3n) is 9.76. The van der Waals surface area contributed by atoms with E-state index in [9.17, 15) is 19.5 Å². The first-order valence-electron chi connectivity index (χ1n) is 12.5. The Labute approximate surface area is 221 Å². The zero-order chi connectivity index (χ0) is 26.4. The topological polar surface area (TPSA) is 109 Å². The fourth-order valence-corrected chi connectivity index (χ4v) is 9.09. The van der Waals surface area contributed by atoms with Gasteiger partial charge in [0.15, 0.2) is 22.4 Å². The van der Waals surface area contributed by atoms with Gasteiger partial charge in [-0.15, -0.1) is 22.7 Å². The molecular formula is C27H28FN3O4S2. The number of fused-ring (bicyclic) bond motifs is 5. The minimum Gasteiger partial charge on any atom is -0.383 e. The van der Waals surface area contributed by atoms with Crippen molar-refractivity contribution in [1.29, 1.82) is 0 Å². The van der Waals surface area contributed by atoms with Gasteiger partial charge in [0.1, 0.15) is 10.5 Å². The molecule has 3 fully saturated rings. The van der Waals surface area contributed by atoms with Crippen molar-refractivity contribution in [3.8, 4) is 0 Å². The van der Waals surface area contributed by atoms with Crippen molar-refractivity contribution in [3.63, 3.8) is 0 Å². The van der Waals surface area contributed by atoms with Gasteiger partial charge in [-0.3, -0.25) is 24.7 Å². The number of hydrogen-bond donors (Lipinski definition) is 2. The summed E-state index contributed by atoms with van der Waals surface area (Å²) in [7, 11) is 0. The number of anilines is 1. The summed E-state index contributed by atoms with van der Waals surface area (Å²) < 4.78 is 17.2. The molecule has 194 valence electrons. The number of alkyl halides is 1. The molecule has 0 unspecified atom stereocenters. The van der Waals surface area contributed by atoms with Gasteiger partial charge in [-0.05, 0) is 50.2 Å². The van der Waals surface area contributed by atoms with Crippen LogP contribution in [0.15, 0.2) is 40.9 Å². The lowest BCUT2D eigenvalue weighted by Crippen LogP contribution is -2.66. The minimum absolute atomic E-state index is 0.129. The molecule has 4 aliphatic rings. The Morgan fingerprint density at radius 1 is 1.24 bits per heavy atom. The van der Waals surface area contributed by atoms with Crippen LogP contribution in [-0.2, 0) is 15.2 Å². The monoisotopic (exact) mass is 541 g/mol. The Morgan fingerprint density at radius 3 is 2.76 bits per heavy atom. The van der Waals surface area contributed by atoms with E-state index in [1.54, 1.807) is 23.9 Å². The Balaban J connectivity index is 1.36. The average molecular weight is 542 g/mol. The van der Waals surface area contributed by atoms with Gasteiger partial charge < -0.3 is 5.11 Å². The molecule has 0 bridgehead atoms. The lowest BCUT2D eigenvalue weighted by Gasteiger charge is -2.59. The number of allylic oxidation sites excluding steroid dienone is 4. The first-order chi connectivity index (χ1) is 17.4. The zero-order valence-corrected chi connectivity index (χ0v) is 22.4. The number of carbonyl (C=O) groups is 3. The van der Waals surface area contributed by atoms with Crippen LogP contribution in [0.1, 0.15) is 61.8 Å². The van der Waals surface area contributed by atoms with E-state index in [1.807, 2.05) is 13.8 Å². The smallest absolute Gasteiger partial charge is 0.269 e. The van der Waals surface area contributed by atoms with Crippen LogP contribution >= 0.6 is 22.7 Å². The van der Waals surface area contributed by atoms with Crippen molar-refractivity contribution in [1.82, 2.24) is 9.97 Å². The summed E-state index contributed by atoms with van der Waals surface area (Å²) in [6, 6.07) is 0. The fourth-order valence-electron chi connectivity index (χ4n) is 7.81. The number of ketones is 2. The van der Waals surface area contributed by atoms with Crippen LogP contribution in [0.4, 0.5) is 9.52 Å². The lowest BCUT2D eigenvalue weighted by atomic mass is 9.45. The van der Waals surface area contributed by atoms with Crippen LogP contribution in [-0.4, -0.2) is 38.2 Å². The molecule has 0 saturated heterocycles. The van der Waals surface area contributed by atoms with E-state index in [2.05, 4.69) is 15.3 Å². The summed E-state index contributed by atoms with van der Waals surface area (Å²) in [4.78, 5) is 47.3. The summed E-state index contributed by atoms with van der Waals surface area (Å²) in [5.41, 5.74) is -3.04. The summed E-state index contributed by atoms with van der Waals surface area (Å²) >= 11 is 2.43. The highest BCUT2D eigenvalue weighted by molar-refractivity contribution is 7.14. The number of nitrogens with one attached hydrogen (secondary N) is 1. The number of thiazole rings is 2. The summed E-state index contributed by atoms with van der Waals surface area (Å²) in [6.07, 6.45) is 7.33. The number of aliphatic hydroxyl groups is 1. The molecule has 2 N–H and O–H groups in total. The molecule has 0 aromatic carbocycles. The highest BCUT2D eigenvalue weighted by atomic mass is 32.1. The van der Waals surface area contributed by atoms with Crippen LogP contribution in [0.5, 0.6) is 0 Å². The van der Waals surface area contributed by atoms with Gasteiger partial charge >= 0.3 is 0 Å². The molecule has 2 aromatic rings. The van der Waals surface area contributed by atoms with E-state index >= 15 is 4.39 Å².